The fourth-order valence-corrected chi connectivity index (χ4v) is 3.54. The summed E-state index contributed by atoms with van der Waals surface area (Å²) in [5.74, 6) is 0. The largest absolute Gasteiger partial charge is 0.355 e. The summed E-state index contributed by atoms with van der Waals surface area (Å²) in [4.78, 5) is 3.50. The number of H-pyrrole nitrogens is 1. The van der Waals surface area contributed by atoms with Gasteiger partial charge in [0.25, 0.3) is 0 Å². The molecule has 3 N–H and O–H groups in total. The number of halogens is 1. The monoisotopic (exact) mass is 374 g/mol. The van der Waals surface area contributed by atoms with E-state index in [2.05, 4.69) is 58.9 Å². The van der Waals surface area contributed by atoms with E-state index in [0.717, 1.165) is 45.2 Å². The average molecular weight is 375 g/mol. The Morgan fingerprint density at radius 1 is 1.00 bits per heavy atom. The minimum atomic E-state index is 0.593. The number of fused-ring (bicyclic) bond motifs is 3. The smallest absolute Gasteiger partial charge is 0.176 e. The standard InChI is InChI=1S/C22H19ClN4/c1-14-2-5-17(6-3-14)26-18-10-15(8-9-25-13-24)22-20(12-18)19-11-16(23)4-7-21(19)27-22/h2-7,10-12,25-27H,8-9H2,1H3. The maximum atomic E-state index is 8.78. The highest BCUT2D eigenvalue weighted by atomic mass is 35.5. The van der Waals surface area contributed by atoms with Gasteiger partial charge in [-0.3, -0.25) is 0 Å². The van der Waals surface area contributed by atoms with Crippen LogP contribution in [0.2, 0.25) is 5.02 Å². The molecule has 4 nitrogen and oxygen atoms in total. The zero-order chi connectivity index (χ0) is 18.8. The first-order valence-electron chi connectivity index (χ1n) is 8.83. The molecule has 5 heteroatoms. The van der Waals surface area contributed by atoms with Crippen LogP contribution in [-0.2, 0) is 6.42 Å². The summed E-state index contributed by atoms with van der Waals surface area (Å²) in [5, 5.41) is 17.9. The lowest BCUT2D eigenvalue weighted by Gasteiger charge is -2.11. The third kappa shape index (κ3) is 3.55. The fourth-order valence-electron chi connectivity index (χ4n) is 3.37. The molecule has 0 radical (unpaired) electrons. The van der Waals surface area contributed by atoms with Crippen LogP contribution in [0.5, 0.6) is 0 Å². The molecule has 0 bridgehead atoms. The summed E-state index contributed by atoms with van der Waals surface area (Å²) in [7, 11) is 0. The Morgan fingerprint density at radius 2 is 1.81 bits per heavy atom. The number of nitrogens with one attached hydrogen (secondary N) is 3. The van der Waals surface area contributed by atoms with Crippen LogP contribution in [0.15, 0.2) is 54.6 Å². The molecule has 0 saturated heterocycles. The van der Waals surface area contributed by atoms with Gasteiger partial charge < -0.3 is 15.6 Å². The number of anilines is 2. The van der Waals surface area contributed by atoms with Gasteiger partial charge in [0.05, 0.1) is 0 Å². The molecule has 0 unspecified atom stereocenters. The van der Waals surface area contributed by atoms with Crippen LogP contribution < -0.4 is 10.6 Å². The van der Waals surface area contributed by atoms with Gasteiger partial charge in [-0.1, -0.05) is 29.3 Å². The second kappa shape index (κ2) is 7.22. The third-order valence-electron chi connectivity index (χ3n) is 4.69. The van der Waals surface area contributed by atoms with Crippen molar-refractivity contribution in [2.75, 3.05) is 11.9 Å². The van der Waals surface area contributed by atoms with Crippen LogP contribution in [0.3, 0.4) is 0 Å². The first kappa shape index (κ1) is 17.3. The van der Waals surface area contributed by atoms with Crippen LogP contribution >= 0.6 is 11.6 Å². The van der Waals surface area contributed by atoms with Crippen molar-refractivity contribution in [3.63, 3.8) is 0 Å². The Labute approximate surface area is 162 Å². The number of aromatic amines is 1. The van der Waals surface area contributed by atoms with Gasteiger partial charge in [-0.2, -0.15) is 5.26 Å². The number of hydrogen-bond acceptors (Lipinski definition) is 3. The maximum absolute atomic E-state index is 8.78. The molecular weight excluding hydrogens is 356 g/mol. The minimum absolute atomic E-state index is 0.593. The highest BCUT2D eigenvalue weighted by Gasteiger charge is 2.11. The van der Waals surface area contributed by atoms with E-state index in [1.807, 2.05) is 24.4 Å². The molecule has 1 heterocycles. The van der Waals surface area contributed by atoms with Gasteiger partial charge in [0.15, 0.2) is 6.19 Å². The number of aromatic nitrogens is 1. The van der Waals surface area contributed by atoms with Gasteiger partial charge >= 0.3 is 0 Å². The molecule has 0 spiro atoms. The molecule has 134 valence electrons. The van der Waals surface area contributed by atoms with Gasteiger partial charge in [0.1, 0.15) is 0 Å². The highest BCUT2D eigenvalue weighted by molar-refractivity contribution is 6.31. The van der Waals surface area contributed by atoms with Crippen LogP contribution in [-0.4, -0.2) is 11.5 Å². The van der Waals surface area contributed by atoms with E-state index < -0.39 is 0 Å². The van der Waals surface area contributed by atoms with E-state index in [-0.39, 0.29) is 0 Å². The Bertz CT molecular complexity index is 1150. The van der Waals surface area contributed by atoms with Gasteiger partial charge in [-0.15, -0.1) is 0 Å². The van der Waals surface area contributed by atoms with Crippen molar-refractivity contribution in [1.29, 1.82) is 5.26 Å². The van der Waals surface area contributed by atoms with E-state index in [0.29, 0.717) is 11.6 Å². The fraction of sp³-hybridized carbons (Fsp3) is 0.136. The molecule has 0 saturated carbocycles. The molecule has 4 rings (SSSR count). The summed E-state index contributed by atoms with van der Waals surface area (Å²) < 4.78 is 0. The van der Waals surface area contributed by atoms with Crippen LogP contribution in [0, 0.1) is 18.4 Å². The Kier molecular flexibility index (Phi) is 4.62. The molecule has 0 amide bonds. The Balaban J connectivity index is 1.83. The summed E-state index contributed by atoms with van der Waals surface area (Å²) in [6.07, 6.45) is 2.73. The molecule has 1 aromatic heterocycles. The van der Waals surface area contributed by atoms with Gasteiger partial charge in [0, 0.05) is 44.7 Å². The van der Waals surface area contributed by atoms with Crippen molar-refractivity contribution < 1.29 is 0 Å². The van der Waals surface area contributed by atoms with Crippen molar-refractivity contribution >= 4 is 44.8 Å². The van der Waals surface area contributed by atoms with E-state index in [4.69, 9.17) is 16.9 Å². The lowest BCUT2D eigenvalue weighted by atomic mass is 10.0. The lowest BCUT2D eigenvalue weighted by Crippen LogP contribution is -2.10. The van der Waals surface area contributed by atoms with Gasteiger partial charge in [0.2, 0.25) is 0 Å². The summed E-state index contributed by atoms with van der Waals surface area (Å²) in [6.45, 7) is 2.67. The number of hydrogen-bond donors (Lipinski definition) is 3. The predicted molar refractivity (Wildman–Crippen MR) is 113 cm³/mol. The van der Waals surface area contributed by atoms with Crippen molar-refractivity contribution in [1.82, 2.24) is 10.3 Å². The quantitative estimate of drug-likeness (QED) is 0.240. The van der Waals surface area contributed by atoms with Crippen LogP contribution in [0.25, 0.3) is 21.8 Å². The summed E-state index contributed by atoms with van der Waals surface area (Å²) >= 11 is 6.23. The van der Waals surface area contributed by atoms with Gasteiger partial charge in [-0.25, -0.2) is 0 Å². The number of nitrogens with zero attached hydrogens (tertiary/aromatic N) is 1. The van der Waals surface area contributed by atoms with Crippen molar-refractivity contribution in [3.05, 3.63) is 70.7 Å². The normalized spacial score (nSPS) is 10.9. The van der Waals surface area contributed by atoms with Crippen LogP contribution in [0.1, 0.15) is 11.1 Å². The third-order valence-corrected chi connectivity index (χ3v) is 4.93. The summed E-state index contributed by atoms with van der Waals surface area (Å²) in [5.41, 5.74) is 6.57. The predicted octanol–water partition coefficient (Wildman–Crippen LogP) is 5.64. The number of aryl methyl sites for hydroxylation is 1. The molecule has 4 aromatic rings. The first-order valence-corrected chi connectivity index (χ1v) is 9.21. The van der Waals surface area contributed by atoms with Crippen molar-refractivity contribution in [2.24, 2.45) is 0 Å². The Hall–Kier alpha value is -3.16. The lowest BCUT2D eigenvalue weighted by molar-refractivity contribution is 0.847. The number of benzene rings is 3. The molecule has 0 fully saturated rings. The van der Waals surface area contributed by atoms with Crippen molar-refractivity contribution in [3.8, 4) is 6.19 Å². The summed E-state index contributed by atoms with van der Waals surface area (Å²) in [6, 6.07) is 18.5. The zero-order valence-corrected chi connectivity index (χ0v) is 15.7. The Morgan fingerprint density at radius 3 is 2.59 bits per heavy atom. The molecule has 0 atom stereocenters. The maximum Gasteiger partial charge on any atom is 0.176 e. The molecular formula is C22H19ClN4. The number of rotatable bonds is 5. The molecule has 27 heavy (non-hydrogen) atoms. The molecule has 0 aliphatic rings. The SMILES string of the molecule is Cc1ccc(Nc2cc(CCNC#N)c3[nH]c4ccc(Cl)cc4c3c2)cc1. The molecule has 0 aliphatic carbocycles. The minimum Gasteiger partial charge on any atom is -0.355 e. The molecule has 0 aliphatic heterocycles. The molecule has 3 aromatic carbocycles. The van der Waals surface area contributed by atoms with E-state index in [1.54, 1.807) is 0 Å². The topological polar surface area (TPSA) is 63.6 Å². The highest BCUT2D eigenvalue weighted by Crippen LogP contribution is 2.33. The zero-order valence-electron chi connectivity index (χ0n) is 14.9. The van der Waals surface area contributed by atoms with E-state index >= 15 is 0 Å². The van der Waals surface area contributed by atoms with Crippen molar-refractivity contribution in [2.45, 2.75) is 13.3 Å². The second-order valence-electron chi connectivity index (χ2n) is 6.65. The first-order chi connectivity index (χ1) is 13.1. The number of nitriles is 1. The van der Waals surface area contributed by atoms with Crippen LogP contribution in [0.4, 0.5) is 11.4 Å². The van der Waals surface area contributed by atoms with E-state index in [1.165, 1.54) is 5.56 Å². The second-order valence-corrected chi connectivity index (χ2v) is 7.09. The average Bonchev–Trinajstić information content (AvgIpc) is 3.02. The van der Waals surface area contributed by atoms with E-state index in [9.17, 15) is 0 Å². The van der Waals surface area contributed by atoms with Gasteiger partial charge in [-0.05, 0) is 61.4 Å².